The van der Waals surface area contributed by atoms with Crippen molar-refractivity contribution in [1.29, 1.82) is 0 Å². The summed E-state index contributed by atoms with van der Waals surface area (Å²) in [7, 11) is 0. The Morgan fingerprint density at radius 3 is 3.00 bits per heavy atom. The van der Waals surface area contributed by atoms with Crippen molar-refractivity contribution in [2.24, 2.45) is 0 Å². The second-order valence-electron chi connectivity index (χ2n) is 4.78. The third kappa shape index (κ3) is 1.69. The average molecular weight is 265 g/mol. The third-order valence-corrected chi connectivity index (χ3v) is 3.53. The highest BCUT2D eigenvalue weighted by atomic mass is 16.5. The highest BCUT2D eigenvalue weighted by molar-refractivity contribution is 5.94. The van der Waals surface area contributed by atoms with Crippen molar-refractivity contribution in [3.05, 3.63) is 58.7 Å². The Hall–Kier alpha value is -2.62. The molecule has 1 aliphatic rings. The summed E-state index contributed by atoms with van der Waals surface area (Å²) in [6.07, 6.45) is 4.34. The highest BCUT2D eigenvalue weighted by Crippen LogP contribution is 2.34. The summed E-state index contributed by atoms with van der Waals surface area (Å²) in [6, 6.07) is 9.15. The molecule has 0 aliphatic carbocycles. The third-order valence-electron chi connectivity index (χ3n) is 3.53. The second-order valence-corrected chi connectivity index (χ2v) is 4.78. The van der Waals surface area contributed by atoms with Crippen molar-refractivity contribution < 1.29 is 9.15 Å². The van der Waals surface area contributed by atoms with Gasteiger partial charge in [-0.2, -0.15) is 0 Å². The van der Waals surface area contributed by atoms with Crippen LogP contribution in [-0.2, 0) is 6.42 Å². The van der Waals surface area contributed by atoms with Crippen LogP contribution in [0.1, 0.15) is 5.56 Å². The second kappa shape index (κ2) is 4.20. The summed E-state index contributed by atoms with van der Waals surface area (Å²) in [4.78, 5) is 15.9. The average Bonchev–Trinajstić information content (AvgIpc) is 2.92. The SMILES string of the molecule is O=c1cc(-c2cccnc2)c2cc3c(cc2o1)OCC3. The van der Waals surface area contributed by atoms with E-state index in [2.05, 4.69) is 4.98 Å². The molecular formula is C16H11NO3. The van der Waals surface area contributed by atoms with Gasteiger partial charge in [-0.25, -0.2) is 4.79 Å². The first-order chi connectivity index (χ1) is 9.81. The monoisotopic (exact) mass is 265 g/mol. The summed E-state index contributed by atoms with van der Waals surface area (Å²) in [5.41, 5.74) is 3.09. The molecule has 0 saturated carbocycles. The van der Waals surface area contributed by atoms with Crippen molar-refractivity contribution in [1.82, 2.24) is 4.98 Å². The lowest BCUT2D eigenvalue weighted by molar-refractivity contribution is 0.356. The highest BCUT2D eigenvalue weighted by Gasteiger charge is 2.16. The molecule has 1 aliphatic heterocycles. The number of hydrogen-bond donors (Lipinski definition) is 0. The van der Waals surface area contributed by atoms with Crippen molar-refractivity contribution in [2.45, 2.75) is 6.42 Å². The van der Waals surface area contributed by atoms with Crippen LogP contribution in [0.5, 0.6) is 5.75 Å². The smallest absolute Gasteiger partial charge is 0.336 e. The van der Waals surface area contributed by atoms with Gasteiger partial charge >= 0.3 is 5.63 Å². The minimum absolute atomic E-state index is 0.366. The van der Waals surface area contributed by atoms with Crippen LogP contribution in [0, 0.1) is 0 Å². The molecule has 0 radical (unpaired) electrons. The molecule has 1 aromatic carbocycles. The zero-order valence-corrected chi connectivity index (χ0v) is 10.6. The number of ether oxygens (including phenoxy) is 1. The van der Waals surface area contributed by atoms with Gasteiger partial charge in [0.25, 0.3) is 0 Å². The molecule has 3 aromatic rings. The lowest BCUT2D eigenvalue weighted by Crippen LogP contribution is -1.98. The Morgan fingerprint density at radius 2 is 2.15 bits per heavy atom. The molecule has 98 valence electrons. The zero-order chi connectivity index (χ0) is 13.5. The predicted molar refractivity (Wildman–Crippen MR) is 74.9 cm³/mol. The van der Waals surface area contributed by atoms with E-state index in [1.807, 2.05) is 18.2 Å². The van der Waals surface area contributed by atoms with E-state index >= 15 is 0 Å². The van der Waals surface area contributed by atoms with Gasteiger partial charge in [0.15, 0.2) is 0 Å². The molecule has 0 spiro atoms. The Labute approximate surface area is 114 Å². The summed E-state index contributed by atoms with van der Waals surface area (Å²) in [5.74, 6) is 0.809. The van der Waals surface area contributed by atoms with Crippen LogP contribution in [0.2, 0.25) is 0 Å². The normalized spacial score (nSPS) is 13.2. The van der Waals surface area contributed by atoms with Crippen LogP contribution < -0.4 is 10.4 Å². The van der Waals surface area contributed by atoms with E-state index in [1.165, 1.54) is 6.07 Å². The van der Waals surface area contributed by atoms with E-state index < -0.39 is 0 Å². The van der Waals surface area contributed by atoms with E-state index in [9.17, 15) is 4.79 Å². The fraction of sp³-hybridized carbons (Fsp3) is 0.125. The van der Waals surface area contributed by atoms with Crippen molar-refractivity contribution in [2.75, 3.05) is 6.61 Å². The number of benzene rings is 1. The van der Waals surface area contributed by atoms with E-state index in [-0.39, 0.29) is 5.63 Å². The lowest BCUT2D eigenvalue weighted by atomic mass is 10.0. The molecule has 2 aromatic heterocycles. The number of aromatic nitrogens is 1. The lowest BCUT2D eigenvalue weighted by Gasteiger charge is -2.07. The van der Waals surface area contributed by atoms with Crippen LogP contribution in [0.4, 0.5) is 0 Å². The summed E-state index contributed by atoms with van der Waals surface area (Å²) >= 11 is 0. The van der Waals surface area contributed by atoms with Crippen LogP contribution in [0.3, 0.4) is 0 Å². The van der Waals surface area contributed by atoms with Crippen LogP contribution >= 0.6 is 0 Å². The molecule has 0 saturated heterocycles. The standard InChI is InChI=1S/C16H11NO3/c18-16-7-12(11-2-1-4-17-9-11)13-6-10-3-5-19-14(10)8-15(13)20-16/h1-2,4,6-9H,3,5H2. The quantitative estimate of drug-likeness (QED) is 0.635. The van der Waals surface area contributed by atoms with Crippen LogP contribution in [0.25, 0.3) is 22.1 Å². The first-order valence-corrected chi connectivity index (χ1v) is 6.45. The maximum Gasteiger partial charge on any atom is 0.336 e. The minimum Gasteiger partial charge on any atom is -0.493 e. The molecule has 4 nitrogen and oxygen atoms in total. The molecule has 0 unspecified atom stereocenters. The van der Waals surface area contributed by atoms with Crippen LogP contribution in [-0.4, -0.2) is 11.6 Å². The van der Waals surface area contributed by atoms with Crippen molar-refractivity contribution >= 4 is 11.0 Å². The Morgan fingerprint density at radius 1 is 1.20 bits per heavy atom. The van der Waals surface area contributed by atoms with E-state index in [4.69, 9.17) is 9.15 Å². The van der Waals surface area contributed by atoms with Gasteiger partial charge in [-0.05, 0) is 17.7 Å². The Bertz CT molecular complexity index is 853. The van der Waals surface area contributed by atoms with Gasteiger partial charge in [0, 0.05) is 47.5 Å². The molecule has 3 heterocycles. The number of hydrogen-bond acceptors (Lipinski definition) is 4. The number of nitrogens with zero attached hydrogens (tertiary/aromatic N) is 1. The predicted octanol–water partition coefficient (Wildman–Crippen LogP) is 2.79. The number of rotatable bonds is 1. The molecule has 20 heavy (non-hydrogen) atoms. The maximum atomic E-state index is 11.7. The Kier molecular flexibility index (Phi) is 2.36. The van der Waals surface area contributed by atoms with E-state index in [0.717, 1.165) is 34.2 Å². The van der Waals surface area contributed by atoms with E-state index in [0.29, 0.717) is 12.2 Å². The topological polar surface area (TPSA) is 52.3 Å². The van der Waals surface area contributed by atoms with Crippen molar-refractivity contribution in [3.8, 4) is 16.9 Å². The molecule has 0 atom stereocenters. The van der Waals surface area contributed by atoms with Gasteiger partial charge in [-0.15, -0.1) is 0 Å². The van der Waals surface area contributed by atoms with Gasteiger partial charge in [-0.1, -0.05) is 6.07 Å². The molecule has 0 N–H and O–H groups in total. The minimum atomic E-state index is -0.366. The van der Waals surface area contributed by atoms with Gasteiger partial charge in [0.1, 0.15) is 11.3 Å². The molecule has 0 bridgehead atoms. The largest absolute Gasteiger partial charge is 0.493 e. The van der Waals surface area contributed by atoms with Gasteiger partial charge in [0.05, 0.1) is 6.61 Å². The molecule has 0 amide bonds. The first kappa shape index (κ1) is 11.2. The summed E-state index contributed by atoms with van der Waals surface area (Å²) < 4.78 is 10.8. The summed E-state index contributed by atoms with van der Waals surface area (Å²) in [6.45, 7) is 0.679. The number of pyridine rings is 1. The molecule has 4 rings (SSSR count). The van der Waals surface area contributed by atoms with Gasteiger partial charge < -0.3 is 9.15 Å². The molecule has 4 heteroatoms. The van der Waals surface area contributed by atoms with Gasteiger partial charge in [0.2, 0.25) is 0 Å². The maximum absolute atomic E-state index is 11.7. The fourth-order valence-corrected chi connectivity index (χ4v) is 2.60. The van der Waals surface area contributed by atoms with Crippen LogP contribution in [0.15, 0.2) is 51.9 Å². The molecule has 0 fully saturated rings. The van der Waals surface area contributed by atoms with Gasteiger partial charge in [-0.3, -0.25) is 4.98 Å². The first-order valence-electron chi connectivity index (χ1n) is 6.45. The summed E-state index contributed by atoms with van der Waals surface area (Å²) in [5, 5.41) is 0.918. The number of fused-ring (bicyclic) bond motifs is 2. The van der Waals surface area contributed by atoms with E-state index in [1.54, 1.807) is 18.5 Å². The zero-order valence-electron chi connectivity index (χ0n) is 10.6. The Balaban J connectivity index is 2.08. The fourth-order valence-electron chi connectivity index (χ4n) is 2.60. The van der Waals surface area contributed by atoms with Crippen molar-refractivity contribution in [3.63, 3.8) is 0 Å². The molecular weight excluding hydrogens is 254 g/mol.